The van der Waals surface area contributed by atoms with Crippen molar-refractivity contribution in [2.75, 3.05) is 14.1 Å². The minimum atomic E-state index is 0.209. The van der Waals surface area contributed by atoms with Gasteiger partial charge in [-0.15, -0.1) is 0 Å². The molecule has 15 heavy (non-hydrogen) atoms. The summed E-state index contributed by atoms with van der Waals surface area (Å²) in [5.74, 6) is 0.209. The number of Topliss-reactive ketones (excluding diaryl/α,β-unsaturated/α-hetero) is 1. The summed E-state index contributed by atoms with van der Waals surface area (Å²) in [5.41, 5.74) is 0.810. The molecule has 86 valence electrons. The number of hydrogen-bond acceptors (Lipinski definition) is 2. The molecule has 0 amide bonds. The Morgan fingerprint density at radius 1 is 1.13 bits per heavy atom. The first-order valence-electron chi connectivity index (χ1n) is 5.43. The fraction of sp³-hybridized carbons (Fsp3) is 0.462. The Hall–Kier alpha value is -1.15. The van der Waals surface area contributed by atoms with Crippen LogP contribution in [0.25, 0.3) is 0 Å². The largest absolute Gasteiger partial charge is 0.323 e. The molecule has 1 N–H and O–H groups in total. The van der Waals surface area contributed by atoms with Gasteiger partial charge in [0.25, 0.3) is 0 Å². The van der Waals surface area contributed by atoms with Crippen LogP contribution in [-0.2, 0) is 0 Å². The highest BCUT2D eigenvalue weighted by molar-refractivity contribution is 5.95. The third-order valence-electron chi connectivity index (χ3n) is 1.42. The van der Waals surface area contributed by atoms with Crippen LogP contribution in [0.3, 0.4) is 0 Å². The predicted molar refractivity (Wildman–Crippen MR) is 67.4 cm³/mol. The molecule has 0 saturated heterocycles. The van der Waals surface area contributed by atoms with Gasteiger partial charge in [-0.25, -0.2) is 0 Å². The average molecular weight is 209 g/mol. The lowest BCUT2D eigenvalue weighted by atomic mass is 10.1. The fourth-order valence-corrected chi connectivity index (χ4v) is 0.828. The van der Waals surface area contributed by atoms with Gasteiger partial charge in [0.15, 0.2) is 5.78 Å². The molecule has 0 bridgehead atoms. The molecular formula is C13H23NO. The number of rotatable bonds is 2. The Morgan fingerprint density at radius 2 is 1.53 bits per heavy atom. The highest BCUT2D eigenvalue weighted by Crippen LogP contribution is 2.01. The number of carbonyl (C=O) groups is 1. The summed E-state index contributed by atoms with van der Waals surface area (Å²) < 4.78 is 0. The molecule has 1 aromatic rings. The maximum atomic E-state index is 11.0. The summed E-state index contributed by atoms with van der Waals surface area (Å²) in [6.45, 7) is 5.87. The number of ketones is 1. The van der Waals surface area contributed by atoms with Gasteiger partial charge in [-0.05, 0) is 14.1 Å². The molecule has 0 fully saturated rings. The molecule has 0 atom stereocenters. The van der Waals surface area contributed by atoms with Crippen LogP contribution in [0.2, 0.25) is 0 Å². The van der Waals surface area contributed by atoms with E-state index in [1.807, 2.05) is 65.2 Å². The zero-order valence-corrected chi connectivity index (χ0v) is 10.5. The molecule has 0 aliphatic carbocycles. The molecule has 0 unspecified atom stereocenters. The zero-order valence-electron chi connectivity index (χ0n) is 10.5. The highest BCUT2D eigenvalue weighted by Gasteiger charge is 1.98. The van der Waals surface area contributed by atoms with Crippen LogP contribution in [0.4, 0.5) is 0 Å². The number of hydrogen-bond donors (Lipinski definition) is 1. The Labute approximate surface area is 93.7 Å². The monoisotopic (exact) mass is 209 g/mol. The Bertz CT molecular complexity index is 232. The van der Waals surface area contributed by atoms with Gasteiger partial charge in [0.1, 0.15) is 0 Å². The van der Waals surface area contributed by atoms with Crippen molar-refractivity contribution in [3.8, 4) is 0 Å². The van der Waals surface area contributed by atoms with Crippen LogP contribution >= 0.6 is 0 Å². The molecule has 0 aliphatic rings. The van der Waals surface area contributed by atoms with E-state index in [0.717, 1.165) is 5.56 Å². The lowest BCUT2D eigenvalue weighted by Gasteiger charge is -1.93. The van der Waals surface area contributed by atoms with E-state index < -0.39 is 0 Å². The summed E-state index contributed by atoms with van der Waals surface area (Å²) >= 11 is 0. The van der Waals surface area contributed by atoms with Crippen molar-refractivity contribution in [1.82, 2.24) is 5.32 Å². The molecule has 2 nitrogen and oxygen atoms in total. The fourth-order valence-electron chi connectivity index (χ4n) is 0.828. The Morgan fingerprint density at radius 3 is 1.87 bits per heavy atom. The second-order valence-corrected chi connectivity index (χ2v) is 2.64. The van der Waals surface area contributed by atoms with E-state index in [9.17, 15) is 4.79 Å². The van der Waals surface area contributed by atoms with Crippen molar-refractivity contribution >= 4 is 5.78 Å². The number of benzene rings is 1. The second kappa shape index (κ2) is 12.8. The van der Waals surface area contributed by atoms with Crippen molar-refractivity contribution in [2.45, 2.75) is 27.2 Å². The first-order valence-corrected chi connectivity index (χ1v) is 5.43. The molecule has 0 aliphatic heterocycles. The van der Waals surface area contributed by atoms with Crippen molar-refractivity contribution in [2.24, 2.45) is 0 Å². The molecule has 1 rings (SSSR count). The third kappa shape index (κ3) is 9.16. The molecule has 2 heteroatoms. The van der Waals surface area contributed by atoms with Gasteiger partial charge in [-0.3, -0.25) is 4.79 Å². The van der Waals surface area contributed by atoms with E-state index in [4.69, 9.17) is 0 Å². The van der Waals surface area contributed by atoms with Gasteiger partial charge >= 0.3 is 0 Å². The van der Waals surface area contributed by atoms with Crippen LogP contribution in [0.15, 0.2) is 30.3 Å². The van der Waals surface area contributed by atoms with Crippen LogP contribution in [0, 0.1) is 0 Å². The smallest absolute Gasteiger partial charge is 0.162 e. The topological polar surface area (TPSA) is 29.1 Å². The van der Waals surface area contributed by atoms with Crippen LogP contribution < -0.4 is 5.32 Å². The van der Waals surface area contributed by atoms with Gasteiger partial charge in [-0.2, -0.15) is 0 Å². The first-order chi connectivity index (χ1) is 7.26. The number of carbonyl (C=O) groups excluding carboxylic acids is 1. The summed E-state index contributed by atoms with van der Waals surface area (Å²) in [6.07, 6.45) is 0.587. The van der Waals surface area contributed by atoms with Crippen LogP contribution in [0.5, 0.6) is 0 Å². The van der Waals surface area contributed by atoms with E-state index in [-0.39, 0.29) is 5.78 Å². The summed E-state index contributed by atoms with van der Waals surface area (Å²) in [4.78, 5) is 11.0. The van der Waals surface area contributed by atoms with E-state index in [2.05, 4.69) is 5.32 Å². The van der Waals surface area contributed by atoms with Crippen molar-refractivity contribution in [3.05, 3.63) is 35.9 Å². The minimum absolute atomic E-state index is 0.209. The summed E-state index contributed by atoms with van der Waals surface area (Å²) in [7, 11) is 3.75. The number of nitrogens with one attached hydrogen (secondary N) is 1. The van der Waals surface area contributed by atoms with E-state index in [1.165, 1.54) is 0 Å². The van der Waals surface area contributed by atoms with E-state index >= 15 is 0 Å². The average Bonchev–Trinajstić information content (AvgIpc) is 2.33. The molecule has 0 saturated carbocycles. The molecular weight excluding hydrogens is 186 g/mol. The lowest BCUT2D eigenvalue weighted by molar-refractivity contribution is 0.0988. The normalized spacial score (nSPS) is 7.80. The van der Waals surface area contributed by atoms with Gasteiger partial charge < -0.3 is 5.32 Å². The van der Waals surface area contributed by atoms with Crippen molar-refractivity contribution in [3.63, 3.8) is 0 Å². The van der Waals surface area contributed by atoms with Gasteiger partial charge in [0.05, 0.1) is 0 Å². The molecule has 1 aromatic carbocycles. The minimum Gasteiger partial charge on any atom is -0.323 e. The summed E-state index contributed by atoms with van der Waals surface area (Å²) in [5, 5.41) is 2.75. The van der Waals surface area contributed by atoms with Gasteiger partial charge in [0, 0.05) is 12.0 Å². The van der Waals surface area contributed by atoms with Crippen molar-refractivity contribution in [1.29, 1.82) is 0 Å². The lowest BCUT2D eigenvalue weighted by Crippen LogP contribution is -1.94. The maximum Gasteiger partial charge on any atom is 0.162 e. The van der Waals surface area contributed by atoms with Crippen molar-refractivity contribution < 1.29 is 4.79 Å². The summed E-state index contributed by atoms with van der Waals surface area (Å²) in [6, 6.07) is 9.34. The first kappa shape index (κ1) is 16.3. The Kier molecular flexibility index (Phi) is 14.0. The maximum absolute atomic E-state index is 11.0. The van der Waals surface area contributed by atoms with Gasteiger partial charge in [0.2, 0.25) is 0 Å². The standard InChI is InChI=1S/C9H10O.C2H7N.C2H6/c1-2-9(10)8-6-4-3-5-7-8;1-3-2;1-2/h3-7H,2H2,1H3;3H,1-2H3;1-2H3. The third-order valence-corrected chi connectivity index (χ3v) is 1.42. The highest BCUT2D eigenvalue weighted by atomic mass is 16.1. The molecule has 0 heterocycles. The van der Waals surface area contributed by atoms with Crippen LogP contribution in [0.1, 0.15) is 37.6 Å². The molecule has 0 aromatic heterocycles. The quantitative estimate of drug-likeness (QED) is 0.758. The molecule has 0 radical (unpaired) electrons. The zero-order chi connectivity index (χ0) is 12.1. The van der Waals surface area contributed by atoms with E-state index in [1.54, 1.807) is 0 Å². The van der Waals surface area contributed by atoms with Gasteiger partial charge in [-0.1, -0.05) is 51.1 Å². The molecule has 0 spiro atoms. The van der Waals surface area contributed by atoms with Crippen LogP contribution in [-0.4, -0.2) is 19.9 Å². The Balaban J connectivity index is 0. The van der Waals surface area contributed by atoms with E-state index in [0.29, 0.717) is 6.42 Å². The predicted octanol–water partition coefficient (Wildman–Crippen LogP) is 3.14. The SMILES string of the molecule is CC.CCC(=O)c1ccccc1.CNC. The second-order valence-electron chi connectivity index (χ2n) is 2.64.